The van der Waals surface area contributed by atoms with E-state index in [1.54, 1.807) is 19.2 Å². The van der Waals surface area contributed by atoms with Crippen molar-refractivity contribution in [1.29, 1.82) is 0 Å². The second-order valence-corrected chi connectivity index (χ2v) is 2.84. The van der Waals surface area contributed by atoms with Gasteiger partial charge in [-0.05, 0) is 24.6 Å². The summed E-state index contributed by atoms with van der Waals surface area (Å²) in [6, 6.07) is 1.78. The maximum atomic E-state index is 11.3. The zero-order valence-electron chi connectivity index (χ0n) is 8.42. The predicted molar refractivity (Wildman–Crippen MR) is 59.0 cm³/mol. The van der Waals surface area contributed by atoms with Crippen LogP contribution in [0.4, 0.5) is 0 Å². The average Bonchev–Trinajstić information content (AvgIpc) is 2.60. The number of H-pyrrole nitrogens is 1. The summed E-state index contributed by atoms with van der Waals surface area (Å²) < 4.78 is 0. The topological polar surface area (TPSA) is 44.9 Å². The second kappa shape index (κ2) is 4.46. The van der Waals surface area contributed by atoms with E-state index in [4.69, 9.17) is 0 Å². The molecule has 0 radical (unpaired) electrons. The fourth-order valence-electron chi connectivity index (χ4n) is 1.22. The first kappa shape index (κ1) is 10.3. The highest BCUT2D eigenvalue weighted by Crippen LogP contribution is 2.13. The van der Waals surface area contributed by atoms with Gasteiger partial charge >= 0.3 is 0 Å². The van der Waals surface area contributed by atoms with E-state index in [-0.39, 0.29) is 5.91 Å². The van der Waals surface area contributed by atoms with Crippen molar-refractivity contribution in [3.05, 3.63) is 35.7 Å². The van der Waals surface area contributed by atoms with E-state index in [0.29, 0.717) is 5.69 Å². The predicted octanol–water partition coefficient (Wildman–Crippen LogP) is 2.05. The van der Waals surface area contributed by atoms with Crippen molar-refractivity contribution in [2.45, 2.75) is 6.92 Å². The van der Waals surface area contributed by atoms with Gasteiger partial charge in [-0.15, -0.1) is 0 Å². The largest absolute Gasteiger partial charge is 0.354 e. The van der Waals surface area contributed by atoms with Gasteiger partial charge < -0.3 is 10.3 Å². The Labute approximate surface area is 83.5 Å². The lowest BCUT2D eigenvalue weighted by atomic mass is 10.2. The molecule has 0 aliphatic carbocycles. The third-order valence-electron chi connectivity index (χ3n) is 1.91. The smallest absolute Gasteiger partial charge is 0.267 e. The monoisotopic (exact) mass is 190 g/mol. The molecule has 1 rings (SSSR count). The molecule has 3 nitrogen and oxygen atoms in total. The Kier molecular flexibility index (Phi) is 3.29. The van der Waals surface area contributed by atoms with Gasteiger partial charge in [0.05, 0.1) is 0 Å². The van der Waals surface area contributed by atoms with Crippen molar-refractivity contribution in [2.24, 2.45) is 0 Å². The van der Waals surface area contributed by atoms with Gasteiger partial charge in [0.15, 0.2) is 0 Å². The van der Waals surface area contributed by atoms with E-state index in [2.05, 4.69) is 16.9 Å². The Bertz CT molecular complexity index is 375. The van der Waals surface area contributed by atoms with E-state index < -0.39 is 0 Å². The molecular formula is C11H14N2O. The minimum absolute atomic E-state index is 0.121. The zero-order chi connectivity index (χ0) is 10.6. The average molecular weight is 190 g/mol. The minimum Gasteiger partial charge on any atom is -0.354 e. The molecule has 0 aliphatic rings. The molecule has 0 aliphatic heterocycles. The highest BCUT2D eigenvalue weighted by atomic mass is 16.1. The molecule has 0 spiro atoms. The van der Waals surface area contributed by atoms with Gasteiger partial charge in [0.2, 0.25) is 0 Å². The number of amides is 1. The molecule has 0 unspecified atom stereocenters. The number of carbonyl (C=O) groups is 1. The summed E-state index contributed by atoms with van der Waals surface area (Å²) in [5.41, 5.74) is 2.39. The van der Waals surface area contributed by atoms with Gasteiger partial charge in [-0.25, -0.2) is 0 Å². The fourth-order valence-corrected chi connectivity index (χ4v) is 1.22. The van der Waals surface area contributed by atoms with Crippen LogP contribution in [0.15, 0.2) is 18.7 Å². The Hall–Kier alpha value is -1.77. The van der Waals surface area contributed by atoms with E-state index in [0.717, 1.165) is 11.3 Å². The number of rotatable bonds is 3. The Morgan fingerprint density at radius 2 is 2.36 bits per heavy atom. The third kappa shape index (κ3) is 1.93. The molecule has 1 amide bonds. The van der Waals surface area contributed by atoms with Crippen molar-refractivity contribution in [3.63, 3.8) is 0 Å². The fraction of sp³-hybridized carbons (Fsp3) is 0.182. The minimum atomic E-state index is -0.121. The molecule has 0 saturated heterocycles. The van der Waals surface area contributed by atoms with Crippen molar-refractivity contribution < 1.29 is 4.79 Å². The van der Waals surface area contributed by atoms with Crippen LogP contribution in [0, 0.1) is 0 Å². The summed E-state index contributed by atoms with van der Waals surface area (Å²) in [5.74, 6) is -0.121. The van der Waals surface area contributed by atoms with Crippen LogP contribution in [-0.4, -0.2) is 17.9 Å². The molecule has 0 bridgehead atoms. The molecule has 1 aromatic heterocycles. The molecule has 0 aromatic carbocycles. The SMILES string of the molecule is C=Cc1cc(C(=O)NC)[nH]c1/C=C\C. The maximum absolute atomic E-state index is 11.3. The van der Waals surface area contributed by atoms with Gasteiger partial charge in [-0.1, -0.05) is 18.7 Å². The molecule has 1 heterocycles. The number of nitrogens with one attached hydrogen (secondary N) is 2. The van der Waals surface area contributed by atoms with Crippen molar-refractivity contribution >= 4 is 18.1 Å². The maximum Gasteiger partial charge on any atom is 0.267 e. The van der Waals surface area contributed by atoms with Crippen LogP contribution >= 0.6 is 0 Å². The summed E-state index contributed by atoms with van der Waals surface area (Å²) in [5, 5.41) is 2.56. The number of aromatic nitrogens is 1. The molecule has 0 atom stereocenters. The first-order valence-electron chi connectivity index (χ1n) is 4.43. The van der Waals surface area contributed by atoms with Crippen LogP contribution < -0.4 is 5.32 Å². The van der Waals surface area contributed by atoms with E-state index >= 15 is 0 Å². The standard InChI is InChI=1S/C11H14N2O/c1-4-6-9-8(5-2)7-10(13-9)11(14)12-3/h4-7,13H,2H2,1,3H3,(H,12,14)/b6-4-. The molecule has 74 valence electrons. The van der Waals surface area contributed by atoms with Gasteiger partial charge in [-0.2, -0.15) is 0 Å². The first-order valence-corrected chi connectivity index (χ1v) is 4.43. The highest BCUT2D eigenvalue weighted by molar-refractivity contribution is 5.93. The highest BCUT2D eigenvalue weighted by Gasteiger charge is 2.08. The van der Waals surface area contributed by atoms with Crippen molar-refractivity contribution in [3.8, 4) is 0 Å². The van der Waals surface area contributed by atoms with Crippen LogP contribution in [0.5, 0.6) is 0 Å². The van der Waals surface area contributed by atoms with E-state index in [1.165, 1.54) is 0 Å². The summed E-state index contributed by atoms with van der Waals surface area (Å²) in [7, 11) is 1.60. The van der Waals surface area contributed by atoms with Gasteiger partial charge in [0.1, 0.15) is 5.69 Å². The summed E-state index contributed by atoms with van der Waals surface area (Å²) in [4.78, 5) is 14.3. The third-order valence-corrected chi connectivity index (χ3v) is 1.91. The lowest BCUT2D eigenvalue weighted by molar-refractivity contribution is 0.0958. The lowest BCUT2D eigenvalue weighted by Crippen LogP contribution is -2.17. The van der Waals surface area contributed by atoms with Crippen molar-refractivity contribution in [1.82, 2.24) is 10.3 Å². The molecule has 14 heavy (non-hydrogen) atoms. The number of aromatic amines is 1. The normalized spacial score (nSPS) is 10.4. The zero-order valence-corrected chi connectivity index (χ0v) is 8.42. The van der Waals surface area contributed by atoms with Crippen LogP contribution in [0.1, 0.15) is 28.7 Å². The van der Waals surface area contributed by atoms with Crippen LogP contribution in [0.3, 0.4) is 0 Å². The molecule has 3 heteroatoms. The molecular weight excluding hydrogens is 176 g/mol. The number of hydrogen-bond donors (Lipinski definition) is 2. The molecule has 0 saturated carbocycles. The van der Waals surface area contributed by atoms with Gasteiger partial charge in [0.25, 0.3) is 5.91 Å². The summed E-state index contributed by atoms with van der Waals surface area (Å²) >= 11 is 0. The quantitative estimate of drug-likeness (QED) is 0.752. The Balaban J connectivity index is 3.12. The first-order chi connectivity index (χ1) is 6.72. The summed E-state index contributed by atoms with van der Waals surface area (Å²) in [6.07, 6.45) is 5.54. The molecule has 1 aromatic rings. The van der Waals surface area contributed by atoms with Crippen LogP contribution in [-0.2, 0) is 0 Å². The van der Waals surface area contributed by atoms with Gasteiger partial charge in [-0.3, -0.25) is 4.79 Å². The summed E-state index contributed by atoms with van der Waals surface area (Å²) in [6.45, 7) is 5.61. The lowest BCUT2D eigenvalue weighted by Gasteiger charge is -1.93. The van der Waals surface area contributed by atoms with Crippen molar-refractivity contribution in [2.75, 3.05) is 7.05 Å². The number of carbonyl (C=O) groups excluding carboxylic acids is 1. The van der Waals surface area contributed by atoms with Crippen LogP contribution in [0.25, 0.3) is 12.2 Å². The Morgan fingerprint density at radius 3 is 2.86 bits per heavy atom. The molecule has 2 N–H and O–H groups in total. The number of allylic oxidation sites excluding steroid dienone is 1. The van der Waals surface area contributed by atoms with E-state index in [1.807, 2.05) is 19.1 Å². The number of hydrogen-bond acceptors (Lipinski definition) is 1. The van der Waals surface area contributed by atoms with E-state index in [9.17, 15) is 4.79 Å². The molecule has 0 fully saturated rings. The Morgan fingerprint density at radius 1 is 1.64 bits per heavy atom. The van der Waals surface area contributed by atoms with Crippen LogP contribution in [0.2, 0.25) is 0 Å². The van der Waals surface area contributed by atoms with Gasteiger partial charge in [0, 0.05) is 12.7 Å². The second-order valence-electron chi connectivity index (χ2n) is 2.84.